The summed E-state index contributed by atoms with van der Waals surface area (Å²) in [5.74, 6) is -2.51. The molecule has 0 radical (unpaired) electrons. The molecule has 2 heterocycles. The Morgan fingerprint density at radius 1 is 1.05 bits per heavy atom. The average Bonchev–Trinajstić information content (AvgIpc) is 2.62. The molecule has 0 saturated carbocycles. The van der Waals surface area contributed by atoms with Gasteiger partial charge in [-0.15, -0.1) is 0 Å². The topological polar surface area (TPSA) is 90.2 Å². The first-order valence-electron chi connectivity index (χ1n) is 5.27. The van der Waals surface area contributed by atoms with Crippen molar-refractivity contribution in [2.24, 2.45) is 4.99 Å². The number of fused-ring (bicyclic) bond motifs is 1. The molecule has 0 atom stereocenters. The number of hydrogen-bond acceptors (Lipinski definition) is 4. The molecule has 98 valence electrons. The number of rotatable bonds is 2. The first-order valence-corrected chi connectivity index (χ1v) is 5.27. The van der Waals surface area contributed by atoms with Crippen LogP contribution in [0.2, 0.25) is 0 Å². The third kappa shape index (κ3) is 5.83. The molecule has 0 aliphatic carbocycles. The van der Waals surface area contributed by atoms with Crippen LogP contribution in [0.1, 0.15) is 0 Å². The number of carboxylic acid groups (broad SMARTS) is 2. The molecule has 2 rings (SSSR count). The van der Waals surface area contributed by atoms with Gasteiger partial charge in [0.1, 0.15) is 0 Å². The number of carboxylic acids is 2. The lowest BCUT2D eigenvalue weighted by Gasteiger charge is -2.16. The van der Waals surface area contributed by atoms with E-state index in [1.165, 1.54) is 0 Å². The van der Waals surface area contributed by atoms with E-state index in [4.69, 9.17) is 10.2 Å². The van der Waals surface area contributed by atoms with Gasteiger partial charge in [0.05, 0.1) is 11.9 Å². The van der Waals surface area contributed by atoms with E-state index in [1.807, 2.05) is 47.8 Å². The summed E-state index contributed by atoms with van der Waals surface area (Å²) < 4.78 is 0. The minimum Gasteiger partial charge on any atom is -0.478 e. The molecule has 0 unspecified atom stereocenters. The number of hydrogen-bond donors (Lipinski definition) is 2. The standard InChI is InChI=1S/C9H8N2.C4H4O4/c1-2-4-9-8-10-5-7-11(9)6-3-1;5-3(6)1-2-4(7)8/h1-8H;1-2H,(H,5,6)(H,7,8)/b;2-1-. The van der Waals surface area contributed by atoms with Gasteiger partial charge in [-0.3, -0.25) is 4.99 Å². The second-order valence-electron chi connectivity index (χ2n) is 3.31. The van der Waals surface area contributed by atoms with Crippen molar-refractivity contribution in [3.05, 3.63) is 60.8 Å². The van der Waals surface area contributed by atoms with E-state index in [2.05, 4.69) is 4.99 Å². The second kappa shape index (κ2) is 7.44. The Morgan fingerprint density at radius 3 is 2.37 bits per heavy atom. The lowest BCUT2D eigenvalue weighted by molar-refractivity contribution is -0.134. The Labute approximate surface area is 109 Å². The first kappa shape index (κ1) is 14.2. The van der Waals surface area contributed by atoms with Crippen LogP contribution >= 0.6 is 0 Å². The fourth-order valence-electron chi connectivity index (χ4n) is 1.15. The summed E-state index contributed by atoms with van der Waals surface area (Å²) in [5.41, 5.74) is 1.09. The Hall–Kier alpha value is -2.89. The molecule has 6 nitrogen and oxygen atoms in total. The molecule has 0 fully saturated rings. The van der Waals surface area contributed by atoms with Gasteiger partial charge in [-0.05, 0) is 12.2 Å². The number of allylic oxidation sites excluding steroid dienone is 5. The van der Waals surface area contributed by atoms with E-state index in [1.54, 1.807) is 6.20 Å². The van der Waals surface area contributed by atoms with Crippen LogP contribution in [-0.4, -0.2) is 33.3 Å². The summed E-state index contributed by atoms with van der Waals surface area (Å²) in [6.45, 7) is 0. The van der Waals surface area contributed by atoms with Crippen LogP contribution in [0.25, 0.3) is 0 Å². The van der Waals surface area contributed by atoms with E-state index >= 15 is 0 Å². The normalized spacial score (nSPS) is 15.4. The van der Waals surface area contributed by atoms with Crippen LogP contribution in [-0.2, 0) is 9.59 Å². The van der Waals surface area contributed by atoms with Gasteiger partial charge in [0.2, 0.25) is 0 Å². The SMILES string of the molecule is C1=CC=C2C=NC=CN2C=C1.O=C(O)/C=C\C(=O)O. The van der Waals surface area contributed by atoms with Crippen molar-refractivity contribution >= 4 is 18.2 Å². The van der Waals surface area contributed by atoms with Gasteiger partial charge in [0.15, 0.2) is 0 Å². The van der Waals surface area contributed by atoms with Crippen molar-refractivity contribution in [2.45, 2.75) is 0 Å². The molecule has 2 N–H and O–H groups in total. The summed E-state index contributed by atoms with van der Waals surface area (Å²) in [6.07, 6.45) is 16.6. The Morgan fingerprint density at radius 2 is 1.74 bits per heavy atom. The highest BCUT2D eigenvalue weighted by atomic mass is 16.4. The van der Waals surface area contributed by atoms with E-state index in [0.717, 1.165) is 5.70 Å². The lowest BCUT2D eigenvalue weighted by Crippen LogP contribution is -2.11. The quantitative estimate of drug-likeness (QED) is 0.735. The molecule has 0 bridgehead atoms. The van der Waals surface area contributed by atoms with Gasteiger partial charge in [-0.1, -0.05) is 12.2 Å². The van der Waals surface area contributed by atoms with Gasteiger partial charge in [0.25, 0.3) is 0 Å². The molecule has 2 aliphatic heterocycles. The molecule has 0 aromatic rings. The molecule has 0 amide bonds. The van der Waals surface area contributed by atoms with Gasteiger partial charge in [0, 0.05) is 30.8 Å². The molecule has 0 saturated heterocycles. The summed E-state index contributed by atoms with van der Waals surface area (Å²) in [6, 6.07) is 0. The Bertz CT molecular complexity index is 509. The van der Waals surface area contributed by atoms with Crippen molar-refractivity contribution in [3.63, 3.8) is 0 Å². The van der Waals surface area contributed by atoms with Gasteiger partial charge < -0.3 is 15.1 Å². The molecule has 19 heavy (non-hydrogen) atoms. The van der Waals surface area contributed by atoms with Gasteiger partial charge in [-0.2, -0.15) is 0 Å². The molecule has 0 aromatic carbocycles. The van der Waals surface area contributed by atoms with Crippen LogP contribution in [0.5, 0.6) is 0 Å². The summed E-state index contributed by atoms with van der Waals surface area (Å²) in [4.78, 5) is 25.1. The van der Waals surface area contributed by atoms with Crippen molar-refractivity contribution < 1.29 is 19.8 Å². The Kier molecular flexibility index (Phi) is 5.55. The second-order valence-corrected chi connectivity index (χ2v) is 3.31. The monoisotopic (exact) mass is 260 g/mol. The molecular formula is C13H12N2O4. The lowest BCUT2D eigenvalue weighted by atomic mass is 10.3. The largest absolute Gasteiger partial charge is 0.478 e. The maximum absolute atomic E-state index is 9.55. The van der Waals surface area contributed by atoms with Crippen LogP contribution in [0.4, 0.5) is 0 Å². The van der Waals surface area contributed by atoms with E-state index in [0.29, 0.717) is 12.2 Å². The van der Waals surface area contributed by atoms with Crippen LogP contribution in [0.15, 0.2) is 65.7 Å². The summed E-state index contributed by atoms with van der Waals surface area (Å²) in [7, 11) is 0. The van der Waals surface area contributed by atoms with Crippen molar-refractivity contribution in [1.82, 2.24) is 4.90 Å². The van der Waals surface area contributed by atoms with Crippen LogP contribution in [0, 0.1) is 0 Å². The predicted octanol–water partition coefficient (Wildman–Crippen LogP) is 1.52. The maximum atomic E-state index is 9.55. The van der Waals surface area contributed by atoms with Crippen molar-refractivity contribution in [3.8, 4) is 0 Å². The van der Waals surface area contributed by atoms with E-state index in [-0.39, 0.29) is 0 Å². The van der Waals surface area contributed by atoms with Crippen molar-refractivity contribution in [2.75, 3.05) is 0 Å². The fourth-order valence-corrected chi connectivity index (χ4v) is 1.15. The molecule has 0 spiro atoms. The zero-order valence-corrected chi connectivity index (χ0v) is 9.88. The smallest absolute Gasteiger partial charge is 0.328 e. The highest BCUT2D eigenvalue weighted by Crippen LogP contribution is 2.10. The highest BCUT2D eigenvalue weighted by Gasteiger charge is 2.02. The maximum Gasteiger partial charge on any atom is 0.328 e. The van der Waals surface area contributed by atoms with E-state index in [9.17, 15) is 9.59 Å². The molecule has 2 aliphatic rings. The zero-order valence-electron chi connectivity index (χ0n) is 9.88. The molecular weight excluding hydrogens is 248 g/mol. The third-order valence-electron chi connectivity index (χ3n) is 1.92. The minimum absolute atomic E-state index is 0.558. The van der Waals surface area contributed by atoms with Gasteiger partial charge in [-0.25, -0.2) is 9.59 Å². The molecule has 0 aromatic heterocycles. The minimum atomic E-state index is -1.26. The third-order valence-corrected chi connectivity index (χ3v) is 1.92. The fraction of sp³-hybridized carbons (Fsp3) is 0. The van der Waals surface area contributed by atoms with E-state index < -0.39 is 11.9 Å². The predicted molar refractivity (Wildman–Crippen MR) is 70.2 cm³/mol. The molecule has 6 heteroatoms. The zero-order chi connectivity index (χ0) is 14.1. The van der Waals surface area contributed by atoms with Crippen molar-refractivity contribution in [1.29, 1.82) is 0 Å². The first-order chi connectivity index (χ1) is 9.09. The van der Waals surface area contributed by atoms with Crippen LogP contribution in [0.3, 0.4) is 0 Å². The number of carbonyl (C=O) groups is 2. The number of aliphatic carboxylic acids is 2. The van der Waals surface area contributed by atoms with Gasteiger partial charge >= 0.3 is 11.9 Å². The Balaban J connectivity index is 0.000000203. The highest BCUT2D eigenvalue weighted by molar-refractivity contribution is 5.89. The summed E-state index contributed by atoms with van der Waals surface area (Å²) in [5, 5.41) is 15.6. The average molecular weight is 260 g/mol. The summed E-state index contributed by atoms with van der Waals surface area (Å²) >= 11 is 0. The number of nitrogens with zero attached hydrogens (tertiary/aromatic N) is 2. The van der Waals surface area contributed by atoms with Crippen LogP contribution < -0.4 is 0 Å². The number of aliphatic imine (C=N–C) groups is 1.